The summed E-state index contributed by atoms with van der Waals surface area (Å²) >= 11 is 0. The molecule has 2 aromatic rings. The van der Waals surface area contributed by atoms with E-state index in [1.165, 1.54) is 5.56 Å². The molecule has 1 aliphatic rings. The van der Waals surface area contributed by atoms with Crippen molar-refractivity contribution in [2.75, 3.05) is 13.7 Å². The van der Waals surface area contributed by atoms with Crippen LogP contribution >= 0.6 is 0 Å². The molecule has 0 aromatic heterocycles. The van der Waals surface area contributed by atoms with Gasteiger partial charge in [-0.1, -0.05) is 41.6 Å². The maximum atomic E-state index is 9.64. The van der Waals surface area contributed by atoms with Crippen LogP contribution in [0.5, 0.6) is 5.75 Å². The Kier molecular flexibility index (Phi) is 7.88. The summed E-state index contributed by atoms with van der Waals surface area (Å²) in [5.41, 5.74) is 10.4. The van der Waals surface area contributed by atoms with E-state index in [1.807, 2.05) is 31.2 Å². The number of nitrogens with zero attached hydrogens (tertiary/aromatic N) is 1. The van der Waals surface area contributed by atoms with Gasteiger partial charge < -0.3 is 20.4 Å². The Labute approximate surface area is 179 Å². The number of oxime groups is 1. The van der Waals surface area contributed by atoms with Gasteiger partial charge in [0.05, 0.1) is 12.8 Å². The third-order valence-electron chi connectivity index (χ3n) is 6.33. The van der Waals surface area contributed by atoms with Crippen molar-refractivity contribution < 1.29 is 14.7 Å². The van der Waals surface area contributed by atoms with E-state index in [9.17, 15) is 5.11 Å². The molecule has 3 N–H and O–H groups in total. The first-order valence-electron chi connectivity index (χ1n) is 10.8. The molecule has 1 aliphatic carbocycles. The first kappa shape index (κ1) is 22.3. The van der Waals surface area contributed by atoms with Gasteiger partial charge in [0.15, 0.2) is 0 Å². The maximum absolute atomic E-state index is 9.64. The lowest BCUT2D eigenvalue weighted by Gasteiger charge is -2.37. The van der Waals surface area contributed by atoms with Crippen molar-refractivity contribution in [3.63, 3.8) is 0 Å². The molecule has 162 valence electrons. The summed E-state index contributed by atoms with van der Waals surface area (Å²) in [7, 11) is 1.65. The normalized spacial score (nSPS) is 23.1. The number of benzene rings is 2. The largest absolute Gasteiger partial charge is 0.497 e. The van der Waals surface area contributed by atoms with Gasteiger partial charge in [-0.3, -0.25) is 0 Å². The van der Waals surface area contributed by atoms with Gasteiger partial charge in [0.2, 0.25) is 0 Å². The highest BCUT2D eigenvalue weighted by molar-refractivity contribution is 5.98. The zero-order chi connectivity index (χ0) is 21.5. The molecule has 4 atom stereocenters. The summed E-state index contributed by atoms with van der Waals surface area (Å²) in [6, 6.07) is 16.5. The molecule has 0 bridgehead atoms. The number of nitrogens with two attached hydrogens (primary N) is 1. The minimum absolute atomic E-state index is 0.114. The van der Waals surface area contributed by atoms with Crippen LogP contribution in [0.25, 0.3) is 0 Å². The van der Waals surface area contributed by atoms with E-state index < -0.39 is 0 Å². The summed E-state index contributed by atoms with van der Waals surface area (Å²) in [6.07, 6.45) is 3.19. The Morgan fingerprint density at radius 1 is 1.20 bits per heavy atom. The number of hydrogen-bond acceptors (Lipinski definition) is 5. The summed E-state index contributed by atoms with van der Waals surface area (Å²) in [6.45, 7) is 4.66. The van der Waals surface area contributed by atoms with Crippen molar-refractivity contribution in [3.05, 3.63) is 65.2 Å². The lowest BCUT2D eigenvalue weighted by Crippen LogP contribution is -2.38. The van der Waals surface area contributed by atoms with Crippen molar-refractivity contribution >= 4 is 5.71 Å². The smallest absolute Gasteiger partial charge is 0.142 e. The Bertz CT molecular complexity index is 833. The molecule has 0 spiro atoms. The summed E-state index contributed by atoms with van der Waals surface area (Å²) in [5.74, 6) is 2.02. The second-order valence-corrected chi connectivity index (χ2v) is 8.40. The third kappa shape index (κ3) is 5.61. The van der Waals surface area contributed by atoms with Crippen LogP contribution in [0.1, 0.15) is 55.7 Å². The number of hydrogen-bond donors (Lipinski definition) is 2. The predicted octanol–water partition coefficient (Wildman–Crippen LogP) is 4.48. The molecule has 0 heterocycles. The first-order chi connectivity index (χ1) is 14.5. The number of aliphatic hydroxyl groups is 1. The van der Waals surface area contributed by atoms with Crippen LogP contribution in [0.4, 0.5) is 0 Å². The van der Waals surface area contributed by atoms with Gasteiger partial charge in [-0.25, -0.2) is 0 Å². The summed E-state index contributed by atoms with van der Waals surface area (Å²) < 4.78 is 5.26. The van der Waals surface area contributed by atoms with Gasteiger partial charge in [-0.2, -0.15) is 0 Å². The number of aliphatic hydroxyl groups excluding tert-OH is 1. The molecule has 1 unspecified atom stereocenters. The quantitative estimate of drug-likeness (QED) is 0.497. The summed E-state index contributed by atoms with van der Waals surface area (Å²) in [5, 5.41) is 13.9. The standard InChI is InChI=1S/C25H34N2O3/c1-17(26)25-14-22(11-12-23(25)15-28)20-9-7-19(8-10-20)16-30-27-18(2)21-5-4-6-24(13-21)29-3/h4-10,13,17,22-23,25,28H,11-12,14-16,26H2,1-3H3/b27-18+/t17-,22-,23+,25?/m0/s1. The lowest BCUT2D eigenvalue weighted by atomic mass is 9.70. The highest BCUT2D eigenvalue weighted by atomic mass is 16.6. The minimum Gasteiger partial charge on any atom is -0.497 e. The number of ether oxygens (including phenoxy) is 1. The van der Waals surface area contributed by atoms with Crippen LogP contribution in [0.2, 0.25) is 0 Å². The van der Waals surface area contributed by atoms with Crippen molar-refractivity contribution in [1.82, 2.24) is 0 Å². The average molecular weight is 411 g/mol. The molecule has 0 amide bonds. The van der Waals surface area contributed by atoms with Crippen LogP contribution in [-0.2, 0) is 11.4 Å². The van der Waals surface area contributed by atoms with E-state index in [0.29, 0.717) is 24.4 Å². The molecule has 2 aromatic carbocycles. The molecule has 0 saturated heterocycles. The SMILES string of the molecule is COc1cccc(/C(C)=N/OCc2ccc([C@H]3CC[C@H](CO)C([C@H](C)N)C3)cc2)c1. The fourth-order valence-corrected chi connectivity index (χ4v) is 4.43. The molecular formula is C25H34N2O3. The van der Waals surface area contributed by atoms with Gasteiger partial charge in [0.1, 0.15) is 12.4 Å². The van der Waals surface area contributed by atoms with E-state index in [1.54, 1.807) is 7.11 Å². The van der Waals surface area contributed by atoms with Crippen molar-refractivity contribution in [1.29, 1.82) is 0 Å². The number of rotatable bonds is 8. The Morgan fingerprint density at radius 2 is 1.97 bits per heavy atom. The molecule has 5 heteroatoms. The van der Waals surface area contributed by atoms with Crippen LogP contribution in [0.3, 0.4) is 0 Å². The maximum Gasteiger partial charge on any atom is 0.142 e. The highest BCUT2D eigenvalue weighted by Gasteiger charge is 2.32. The topological polar surface area (TPSA) is 77.1 Å². The van der Waals surface area contributed by atoms with E-state index in [2.05, 4.69) is 36.3 Å². The molecule has 3 rings (SSSR count). The molecule has 0 radical (unpaired) electrons. The van der Waals surface area contributed by atoms with Gasteiger partial charge in [-0.15, -0.1) is 0 Å². The van der Waals surface area contributed by atoms with Gasteiger partial charge in [-0.05, 0) is 74.1 Å². The third-order valence-corrected chi connectivity index (χ3v) is 6.33. The molecule has 0 aliphatic heterocycles. The molecular weight excluding hydrogens is 376 g/mol. The van der Waals surface area contributed by atoms with Crippen molar-refractivity contribution in [2.24, 2.45) is 22.7 Å². The fourth-order valence-electron chi connectivity index (χ4n) is 4.43. The lowest BCUT2D eigenvalue weighted by molar-refractivity contribution is 0.112. The van der Waals surface area contributed by atoms with Crippen LogP contribution < -0.4 is 10.5 Å². The second kappa shape index (κ2) is 10.6. The summed E-state index contributed by atoms with van der Waals surface area (Å²) in [4.78, 5) is 5.57. The molecule has 30 heavy (non-hydrogen) atoms. The zero-order valence-corrected chi connectivity index (χ0v) is 18.3. The monoisotopic (exact) mass is 410 g/mol. The Morgan fingerprint density at radius 3 is 2.63 bits per heavy atom. The van der Waals surface area contributed by atoms with Crippen molar-refractivity contribution in [2.45, 2.75) is 51.7 Å². The Hall–Kier alpha value is -2.37. The predicted molar refractivity (Wildman–Crippen MR) is 121 cm³/mol. The van der Waals surface area contributed by atoms with E-state index in [-0.39, 0.29) is 12.6 Å². The average Bonchev–Trinajstić information content (AvgIpc) is 2.79. The number of methoxy groups -OCH3 is 1. The van der Waals surface area contributed by atoms with Crippen LogP contribution in [0.15, 0.2) is 53.7 Å². The minimum atomic E-state index is 0.114. The zero-order valence-electron chi connectivity index (χ0n) is 18.3. The van der Waals surface area contributed by atoms with E-state index in [4.69, 9.17) is 15.3 Å². The van der Waals surface area contributed by atoms with E-state index >= 15 is 0 Å². The molecule has 1 fully saturated rings. The highest BCUT2D eigenvalue weighted by Crippen LogP contribution is 2.40. The first-order valence-corrected chi connectivity index (χ1v) is 10.8. The Balaban J connectivity index is 1.57. The van der Waals surface area contributed by atoms with Crippen LogP contribution in [0, 0.1) is 11.8 Å². The fraction of sp³-hybridized carbons (Fsp3) is 0.480. The van der Waals surface area contributed by atoms with Gasteiger partial charge >= 0.3 is 0 Å². The van der Waals surface area contributed by atoms with Gasteiger partial charge in [0.25, 0.3) is 0 Å². The molecule has 5 nitrogen and oxygen atoms in total. The van der Waals surface area contributed by atoms with Crippen LogP contribution in [-0.4, -0.2) is 30.6 Å². The second-order valence-electron chi connectivity index (χ2n) is 8.40. The van der Waals surface area contributed by atoms with Crippen molar-refractivity contribution in [3.8, 4) is 5.75 Å². The molecule has 1 saturated carbocycles. The van der Waals surface area contributed by atoms with Gasteiger partial charge in [0, 0.05) is 18.2 Å². The van der Waals surface area contributed by atoms with E-state index in [0.717, 1.165) is 41.9 Å².